The Morgan fingerprint density at radius 1 is 1.24 bits per heavy atom. The van der Waals surface area contributed by atoms with Crippen LogP contribution in [0.2, 0.25) is 0 Å². The fourth-order valence-electron chi connectivity index (χ4n) is 3.30. The van der Waals surface area contributed by atoms with Gasteiger partial charge in [-0.2, -0.15) is 5.26 Å². The van der Waals surface area contributed by atoms with Gasteiger partial charge < -0.3 is 10.6 Å². The minimum Gasteiger partial charge on any atom is -0.337 e. The minimum absolute atomic E-state index is 0.0592. The van der Waals surface area contributed by atoms with Crippen molar-refractivity contribution >= 4 is 5.91 Å². The van der Waals surface area contributed by atoms with Crippen molar-refractivity contribution in [2.45, 2.75) is 31.2 Å². The van der Waals surface area contributed by atoms with Gasteiger partial charge in [-0.1, -0.05) is 0 Å². The van der Waals surface area contributed by atoms with Gasteiger partial charge >= 0.3 is 0 Å². The van der Waals surface area contributed by atoms with Gasteiger partial charge in [-0.25, -0.2) is 9.97 Å². The first-order valence-corrected chi connectivity index (χ1v) is 8.57. The smallest absolute Gasteiger partial charge is 0.257 e. The van der Waals surface area contributed by atoms with E-state index in [2.05, 4.69) is 16.0 Å². The molecule has 126 valence electrons. The first-order chi connectivity index (χ1) is 12.2. The molecule has 6 nitrogen and oxygen atoms in total. The van der Waals surface area contributed by atoms with E-state index in [-0.39, 0.29) is 11.9 Å². The summed E-state index contributed by atoms with van der Waals surface area (Å²) >= 11 is 0. The van der Waals surface area contributed by atoms with Crippen molar-refractivity contribution < 1.29 is 4.79 Å². The summed E-state index contributed by atoms with van der Waals surface area (Å²) in [4.78, 5) is 23.0. The van der Waals surface area contributed by atoms with Crippen molar-refractivity contribution in [3.8, 4) is 17.5 Å². The summed E-state index contributed by atoms with van der Waals surface area (Å²) in [6, 6.07) is 7.87. The van der Waals surface area contributed by atoms with Crippen LogP contribution in [0.25, 0.3) is 11.4 Å². The van der Waals surface area contributed by atoms with Crippen LogP contribution in [-0.4, -0.2) is 39.9 Å². The Balaban J connectivity index is 1.60. The van der Waals surface area contributed by atoms with Gasteiger partial charge in [-0.15, -0.1) is 0 Å². The van der Waals surface area contributed by atoms with E-state index in [1.54, 1.807) is 23.4 Å². The third kappa shape index (κ3) is 3.11. The Bertz CT molecular complexity index is 851. The zero-order valence-corrected chi connectivity index (χ0v) is 13.9. The number of rotatable bonds is 3. The standard InChI is InChI=1S/C19H19N5O/c20-8-12-1-4-16(17(7-12)13-2-3-13)18-22-9-14(10-23-18)19(25)24-6-5-15(21)11-24/h1,4,7,9-10,13,15H,2-3,5-6,11,21H2. The quantitative estimate of drug-likeness (QED) is 0.927. The van der Waals surface area contributed by atoms with Crippen LogP contribution >= 0.6 is 0 Å². The van der Waals surface area contributed by atoms with E-state index in [4.69, 9.17) is 11.0 Å². The highest BCUT2D eigenvalue weighted by Gasteiger charge is 2.28. The predicted octanol–water partition coefficient (Wildman–Crippen LogP) is 2.07. The molecule has 4 rings (SSSR count). The van der Waals surface area contributed by atoms with Gasteiger partial charge in [0.15, 0.2) is 5.82 Å². The fourth-order valence-corrected chi connectivity index (χ4v) is 3.30. The molecule has 0 radical (unpaired) electrons. The number of nitrogens with zero attached hydrogens (tertiary/aromatic N) is 4. The minimum atomic E-state index is -0.0678. The third-order valence-corrected chi connectivity index (χ3v) is 4.85. The molecule has 1 saturated carbocycles. The number of likely N-dealkylation sites (tertiary alicyclic amines) is 1. The monoisotopic (exact) mass is 333 g/mol. The molecule has 1 aliphatic carbocycles. The summed E-state index contributed by atoms with van der Waals surface area (Å²) in [7, 11) is 0. The van der Waals surface area contributed by atoms with Gasteiger partial charge in [0.2, 0.25) is 0 Å². The van der Waals surface area contributed by atoms with Crippen molar-refractivity contribution in [1.82, 2.24) is 14.9 Å². The van der Waals surface area contributed by atoms with Gasteiger partial charge in [0.1, 0.15) is 0 Å². The normalized spacial score (nSPS) is 19.7. The van der Waals surface area contributed by atoms with E-state index in [0.29, 0.717) is 36.0 Å². The van der Waals surface area contributed by atoms with Gasteiger partial charge in [0.05, 0.1) is 17.2 Å². The summed E-state index contributed by atoms with van der Waals surface area (Å²) in [6.45, 7) is 1.27. The highest BCUT2D eigenvalue weighted by molar-refractivity contribution is 5.94. The topological polar surface area (TPSA) is 95.9 Å². The first-order valence-electron chi connectivity index (χ1n) is 8.57. The number of carbonyl (C=O) groups is 1. The van der Waals surface area contributed by atoms with Crippen LogP contribution in [0.3, 0.4) is 0 Å². The largest absolute Gasteiger partial charge is 0.337 e. The van der Waals surface area contributed by atoms with Crippen molar-refractivity contribution in [2.24, 2.45) is 5.73 Å². The third-order valence-electron chi connectivity index (χ3n) is 4.85. The molecule has 0 bridgehead atoms. The molecule has 2 heterocycles. The molecule has 1 aromatic heterocycles. The molecule has 1 aromatic carbocycles. The maximum absolute atomic E-state index is 12.5. The van der Waals surface area contributed by atoms with Crippen LogP contribution in [0.15, 0.2) is 30.6 Å². The van der Waals surface area contributed by atoms with Gasteiger partial charge in [-0.05, 0) is 48.9 Å². The van der Waals surface area contributed by atoms with Crippen molar-refractivity contribution in [3.05, 3.63) is 47.3 Å². The summed E-state index contributed by atoms with van der Waals surface area (Å²) in [5.74, 6) is 1.02. The molecular formula is C19H19N5O. The zero-order valence-electron chi connectivity index (χ0n) is 13.9. The van der Waals surface area contributed by atoms with Crippen LogP contribution in [0.5, 0.6) is 0 Å². The van der Waals surface area contributed by atoms with E-state index in [0.717, 1.165) is 30.4 Å². The van der Waals surface area contributed by atoms with E-state index in [9.17, 15) is 4.79 Å². The summed E-state index contributed by atoms with van der Waals surface area (Å²) < 4.78 is 0. The van der Waals surface area contributed by atoms with Crippen molar-refractivity contribution in [3.63, 3.8) is 0 Å². The second kappa shape index (κ2) is 6.26. The summed E-state index contributed by atoms with van der Waals surface area (Å²) in [5.41, 5.74) is 9.08. The predicted molar refractivity (Wildman–Crippen MR) is 92.7 cm³/mol. The lowest BCUT2D eigenvalue weighted by Gasteiger charge is -2.15. The Hall–Kier alpha value is -2.78. The number of hydrogen-bond donors (Lipinski definition) is 1. The SMILES string of the molecule is N#Cc1ccc(-c2ncc(C(=O)N3CCC(N)C3)cn2)c(C2CC2)c1. The average molecular weight is 333 g/mol. The highest BCUT2D eigenvalue weighted by atomic mass is 16.2. The number of aromatic nitrogens is 2. The Morgan fingerprint density at radius 3 is 2.60 bits per heavy atom. The second-order valence-corrected chi connectivity index (χ2v) is 6.78. The molecule has 2 fully saturated rings. The molecule has 0 spiro atoms. The molecule has 25 heavy (non-hydrogen) atoms. The van der Waals surface area contributed by atoms with Crippen molar-refractivity contribution in [1.29, 1.82) is 5.26 Å². The molecule has 1 saturated heterocycles. The molecule has 2 N–H and O–H groups in total. The second-order valence-electron chi connectivity index (χ2n) is 6.78. The molecule has 1 atom stereocenters. The van der Waals surface area contributed by atoms with Gasteiger partial charge in [0.25, 0.3) is 5.91 Å². The highest BCUT2D eigenvalue weighted by Crippen LogP contribution is 2.44. The van der Waals surface area contributed by atoms with E-state index in [1.807, 2.05) is 12.1 Å². The number of amides is 1. The Labute approximate surface area is 146 Å². The summed E-state index contributed by atoms with van der Waals surface area (Å²) in [5, 5.41) is 9.11. The number of hydrogen-bond acceptors (Lipinski definition) is 5. The van der Waals surface area contributed by atoms with E-state index >= 15 is 0 Å². The Morgan fingerprint density at radius 2 is 2.00 bits per heavy atom. The lowest BCUT2D eigenvalue weighted by Crippen LogP contribution is -2.32. The average Bonchev–Trinajstić information content (AvgIpc) is 3.41. The van der Waals surface area contributed by atoms with Gasteiger partial charge in [0, 0.05) is 37.1 Å². The molecular weight excluding hydrogens is 314 g/mol. The van der Waals surface area contributed by atoms with Crippen LogP contribution in [-0.2, 0) is 0 Å². The van der Waals surface area contributed by atoms with Crippen molar-refractivity contribution in [2.75, 3.05) is 13.1 Å². The van der Waals surface area contributed by atoms with Crippen LogP contribution in [0, 0.1) is 11.3 Å². The molecule has 1 aliphatic heterocycles. The molecule has 2 aromatic rings. The molecule has 1 amide bonds. The maximum atomic E-state index is 12.5. The van der Waals surface area contributed by atoms with Gasteiger partial charge in [-0.3, -0.25) is 4.79 Å². The summed E-state index contributed by atoms with van der Waals surface area (Å²) in [6.07, 6.45) is 6.27. The van der Waals surface area contributed by atoms with E-state index < -0.39 is 0 Å². The fraction of sp³-hybridized carbons (Fsp3) is 0.368. The lowest BCUT2D eigenvalue weighted by atomic mass is 10.00. The first kappa shape index (κ1) is 15.7. The number of nitrogens with two attached hydrogens (primary N) is 1. The molecule has 2 aliphatic rings. The number of carbonyl (C=O) groups excluding carboxylic acids is 1. The molecule has 6 heteroatoms. The van der Waals surface area contributed by atoms with Crippen LogP contribution in [0.1, 0.15) is 46.7 Å². The maximum Gasteiger partial charge on any atom is 0.257 e. The van der Waals surface area contributed by atoms with Crippen LogP contribution in [0.4, 0.5) is 0 Å². The van der Waals surface area contributed by atoms with E-state index in [1.165, 1.54) is 0 Å². The zero-order chi connectivity index (χ0) is 17.4. The van der Waals surface area contributed by atoms with Crippen LogP contribution < -0.4 is 5.73 Å². The molecule has 1 unspecified atom stereocenters. The number of benzene rings is 1. The lowest BCUT2D eigenvalue weighted by molar-refractivity contribution is 0.0790. The Kier molecular flexibility index (Phi) is 3.94. The number of nitriles is 1.